The highest BCUT2D eigenvalue weighted by molar-refractivity contribution is 7.87. The fourth-order valence-electron chi connectivity index (χ4n) is 5.92. The first kappa shape index (κ1) is 22.6. The molecule has 35 heavy (non-hydrogen) atoms. The van der Waals surface area contributed by atoms with Crippen LogP contribution in [0, 0.1) is 11.8 Å². The Morgan fingerprint density at radius 1 is 1.11 bits per heavy atom. The molecule has 1 N–H and O–H groups in total. The molecule has 1 saturated carbocycles. The number of aromatic nitrogens is 3. The summed E-state index contributed by atoms with van der Waals surface area (Å²) < 4.78 is 73.2. The van der Waals surface area contributed by atoms with Gasteiger partial charge >= 0.3 is 6.18 Å². The normalized spacial score (nSPS) is 27.7. The van der Waals surface area contributed by atoms with Crippen molar-refractivity contribution in [3.63, 3.8) is 0 Å². The van der Waals surface area contributed by atoms with Gasteiger partial charge in [0.15, 0.2) is 0 Å². The molecule has 1 aliphatic heterocycles. The van der Waals surface area contributed by atoms with Gasteiger partial charge in [0.2, 0.25) is 5.82 Å². The zero-order valence-electron chi connectivity index (χ0n) is 18.5. The monoisotopic (exact) mass is 505 g/mol. The second-order valence-electron chi connectivity index (χ2n) is 9.53. The third-order valence-electron chi connectivity index (χ3n) is 7.48. The van der Waals surface area contributed by atoms with Crippen LogP contribution in [0.5, 0.6) is 0 Å². The molecular formula is C23H22F3N5O3S. The summed E-state index contributed by atoms with van der Waals surface area (Å²) in [6.45, 7) is -1.64. The summed E-state index contributed by atoms with van der Waals surface area (Å²) in [4.78, 5) is 8.69. The number of fused-ring (bicyclic) bond motifs is 1. The van der Waals surface area contributed by atoms with E-state index in [1.54, 1.807) is 18.3 Å². The van der Waals surface area contributed by atoms with Crippen molar-refractivity contribution in [1.29, 1.82) is 0 Å². The second-order valence-corrected chi connectivity index (χ2v) is 11.2. The number of hydrogen-bond donors (Lipinski definition) is 1. The zero-order chi connectivity index (χ0) is 24.4. The molecular weight excluding hydrogens is 483 g/mol. The van der Waals surface area contributed by atoms with Crippen LogP contribution in [0.4, 0.5) is 13.2 Å². The average Bonchev–Trinajstić information content (AvgIpc) is 3.43. The van der Waals surface area contributed by atoms with Crippen molar-refractivity contribution in [2.24, 2.45) is 11.8 Å². The number of benzene rings is 1. The molecule has 1 spiro atoms. The minimum absolute atomic E-state index is 0.0771. The van der Waals surface area contributed by atoms with Crippen molar-refractivity contribution in [1.82, 2.24) is 24.2 Å². The van der Waals surface area contributed by atoms with Gasteiger partial charge in [0.1, 0.15) is 12.2 Å². The van der Waals surface area contributed by atoms with E-state index in [2.05, 4.69) is 19.8 Å². The van der Waals surface area contributed by atoms with Crippen LogP contribution >= 0.6 is 0 Å². The van der Waals surface area contributed by atoms with Crippen molar-refractivity contribution < 1.29 is 26.1 Å². The Labute approximate surface area is 199 Å². The number of hydrogen-bond acceptors (Lipinski definition) is 6. The van der Waals surface area contributed by atoms with Gasteiger partial charge in [-0.05, 0) is 72.9 Å². The topological polar surface area (TPSA) is 101 Å². The molecule has 3 aliphatic rings. The second kappa shape index (κ2) is 7.84. The number of nitrogens with zero attached hydrogens (tertiary/aromatic N) is 4. The molecule has 3 atom stereocenters. The largest absolute Gasteiger partial charge is 0.402 e. The summed E-state index contributed by atoms with van der Waals surface area (Å²) >= 11 is 0. The van der Waals surface area contributed by atoms with Gasteiger partial charge in [-0.25, -0.2) is 0 Å². The summed E-state index contributed by atoms with van der Waals surface area (Å²) in [6, 6.07) is 11.2. The lowest BCUT2D eigenvalue weighted by atomic mass is 9.79. The zero-order valence-corrected chi connectivity index (χ0v) is 19.3. The molecule has 6 rings (SSSR count). The third kappa shape index (κ3) is 3.93. The van der Waals surface area contributed by atoms with Gasteiger partial charge in [0.05, 0.1) is 5.54 Å². The highest BCUT2D eigenvalue weighted by atomic mass is 32.2. The summed E-state index contributed by atoms with van der Waals surface area (Å²) in [5.41, 5.74) is 2.52. The summed E-state index contributed by atoms with van der Waals surface area (Å²) in [6.07, 6.45) is -0.279. The van der Waals surface area contributed by atoms with E-state index in [1.165, 1.54) is 0 Å². The third-order valence-corrected chi connectivity index (χ3v) is 9.06. The van der Waals surface area contributed by atoms with Crippen LogP contribution in [-0.2, 0) is 23.1 Å². The minimum Gasteiger partial charge on any atom is -0.334 e. The maximum atomic E-state index is 13.1. The SMILES string of the molecule is O=S1(=O)NC2(CN1CC(F)(F)F)C1CCC2Cc2cc(-c3nc(-c4ccccn4)no3)ccc2C1. The summed E-state index contributed by atoms with van der Waals surface area (Å²) in [5, 5.41) is 4.02. The van der Waals surface area contributed by atoms with E-state index in [-0.39, 0.29) is 18.4 Å². The first-order chi connectivity index (χ1) is 16.6. The maximum absolute atomic E-state index is 13.1. The van der Waals surface area contributed by atoms with Crippen LogP contribution in [0.1, 0.15) is 24.0 Å². The number of halogens is 3. The maximum Gasteiger partial charge on any atom is 0.402 e. The molecule has 8 nitrogen and oxygen atoms in total. The van der Waals surface area contributed by atoms with Crippen LogP contribution in [0.25, 0.3) is 23.0 Å². The van der Waals surface area contributed by atoms with Crippen LogP contribution in [0.2, 0.25) is 0 Å². The van der Waals surface area contributed by atoms with Gasteiger partial charge in [0, 0.05) is 18.3 Å². The van der Waals surface area contributed by atoms with Crippen LogP contribution in [0.15, 0.2) is 47.1 Å². The Bertz CT molecular complexity index is 1380. The fourth-order valence-corrected chi connectivity index (χ4v) is 7.62. The smallest absolute Gasteiger partial charge is 0.334 e. The Balaban J connectivity index is 1.30. The van der Waals surface area contributed by atoms with Crippen molar-refractivity contribution in [2.45, 2.75) is 37.4 Å². The first-order valence-electron chi connectivity index (χ1n) is 11.4. The molecule has 3 unspecified atom stereocenters. The molecule has 184 valence electrons. The average molecular weight is 506 g/mol. The van der Waals surface area contributed by atoms with Gasteiger partial charge < -0.3 is 4.52 Å². The predicted molar refractivity (Wildman–Crippen MR) is 119 cm³/mol. The highest BCUT2D eigenvalue weighted by Gasteiger charge is 2.60. The lowest BCUT2D eigenvalue weighted by Crippen LogP contribution is -2.52. The lowest BCUT2D eigenvalue weighted by Gasteiger charge is -2.33. The lowest BCUT2D eigenvalue weighted by molar-refractivity contribution is -0.136. The number of pyridine rings is 1. The molecule has 2 bridgehead atoms. The highest BCUT2D eigenvalue weighted by Crippen LogP contribution is 2.50. The predicted octanol–water partition coefficient (Wildman–Crippen LogP) is 3.37. The summed E-state index contributed by atoms with van der Waals surface area (Å²) in [5.74, 6) is 0.532. The van der Waals surface area contributed by atoms with Crippen molar-refractivity contribution in [3.05, 3.63) is 53.7 Å². The van der Waals surface area contributed by atoms with Crippen LogP contribution in [0.3, 0.4) is 0 Å². The molecule has 1 aromatic carbocycles. The van der Waals surface area contributed by atoms with E-state index in [0.717, 1.165) is 29.5 Å². The van der Waals surface area contributed by atoms with Crippen LogP contribution < -0.4 is 4.72 Å². The molecule has 1 saturated heterocycles. The fraction of sp³-hybridized carbons (Fsp3) is 0.435. The van der Waals surface area contributed by atoms with Gasteiger partial charge in [-0.15, -0.1) is 0 Å². The van der Waals surface area contributed by atoms with E-state index >= 15 is 0 Å². The van der Waals surface area contributed by atoms with E-state index in [9.17, 15) is 21.6 Å². The summed E-state index contributed by atoms with van der Waals surface area (Å²) in [7, 11) is -4.21. The van der Waals surface area contributed by atoms with Crippen LogP contribution in [-0.4, -0.2) is 52.7 Å². The quantitative estimate of drug-likeness (QED) is 0.586. The Morgan fingerprint density at radius 3 is 2.60 bits per heavy atom. The molecule has 2 aromatic heterocycles. The number of alkyl halides is 3. The minimum atomic E-state index is -4.60. The Morgan fingerprint density at radius 2 is 1.89 bits per heavy atom. The number of rotatable bonds is 3. The molecule has 0 amide bonds. The van der Waals surface area contributed by atoms with Gasteiger partial charge in [0.25, 0.3) is 16.1 Å². The van der Waals surface area contributed by atoms with Gasteiger partial charge in [-0.3, -0.25) is 4.98 Å². The molecule has 0 radical (unpaired) electrons. The first-order valence-corrected chi connectivity index (χ1v) is 12.8. The number of nitrogens with one attached hydrogen (secondary N) is 1. The van der Waals surface area contributed by atoms with Gasteiger partial charge in [-0.1, -0.05) is 17.3 Å². The molecule has 12 heteroatoms. The Hall–Kier alpha value is -2.83. The van der Waals surface area contributed by atoms with Crippen molar-refractivity contribution in [2.75, 3.05) is 13.1 Å². The van der Waals surface area contributed by atoms with E-state index in [0.29, 0.717) is 34.6 Å². The molecule has 2 aliphatic carbocycles. The van der Waals surface area contributed by atoms with E-state index < -0.39 is 28.5 Å². The van der Waals surface area contributed by atoms with Crippen molar-refractivity contribution in [3.8, 4) is 23.0 Å². The molecule has 3 heterocycles. The Kier molecular flexibility index (Phi) is 5.07. The molecule has 2 fully saturated rings. The molecule has 3 aromatic rings. The van der Waals surface area contributed by atoms with Crippen molar-refractivity contribution >= 4 is 10.2 Å². The van der Waals surface area contributed by atoms with E-state index in [1.807, 2.05) is 24.3 Å². The van der Waals surface area contributed by atoms with E-state index in [4.69, 9.17) is 4.52 Å². The van der Waals surface area contributed by atoms with Gasteiger partial charge in [-0.2, -0.15) is 35.6 Å². The standard InChI is InChI=1S/C23H22F3N5O3S/c24-23(25,26)13-31-12-22(30-35(31,32)33)17-6-7-18(22)11-16-9-15(5-4-14(16)10-17)21-28-20(29-34-21)19-3-1-2-8-27-19/h1-5,8-9,17-18,30H,6-7,10-13H2.